The minimum absolute atomic E-state index is 0.774. The summed E-state index contributed by atoms with van der Waals surface area (Å²) in [6.07, 6.45) is 1.10. The molecular formula is C19H16ClN3. The minimum atomic E-state index is 0.774. The highest BCUT2D eigenvalue weighted by molar-refractivity contribution is 6.32. The molecule has 2 aliphatic rings. The zero-order chi connectivity index (χ0) is 15.6. The van der Waals surface area contributed by atoms with E-state index in [1.54, 1.807) is 0 Å². The normalized spacial score (nSPS) is 15.9. The number of halogens is 1. The highest BCUT2D eigenvalue weighted by atomic mass is 35.5. The molecule has 0 saturated heterocycles. The van der Waals surface area contributed by atoms with Crippen molar-refractivity contribution in [2.45, 2.75) is 6.42 Å². The van der Waals surface area contributed by atoms with Crippen LogP contribution in [-0.4, -0.2) is 23.5 Å². The first-order valence-electron chi connectivity index (χ1n) is 7.95. The van der Waals surface area contributed by atoms with Gasteiger partial charge >= 0.3 is 0 Å². The summed E-state index contributed by atoms with van der Waals surface area (Å²) in [7, 11) is 2.12. The van der Waals surface area contributed by atoms with Gasteiger partial charge in [0.1, 0.15) is 0 Å². The van der Waals surface area contributed by atoms with Gasteiger partial charge in [0.2, 0.25) is 0 Å². The van der Waals surface area contributed by atoms with Gasteiger partial charge in [-0.05, 0) is 30.7 Å². The number of amidine groups is 1. The molecule has 114 valence electrons. The molecule has 0 fully saturated rings. The summed E-state index contributed by atoms with van der Waals surface area (Å²) in [6.45, 7) is 1.92. The Morgan fingerprint density at radius 1 is 1.13 bits per heavy atom. The second-order valence-corrected chi connectivity index (χ2v) is 6.61. The van der Waals surface area contributed by atoms with Crippen LogP contribution in [0, 0.1) is 0 Å². The topological polar surface area (TPSA) is 20.5 Å². The lowest BCUT2D eigenvalue weighted by Crippen LogP contribution is -2.40. The number of aryl methyl sites for hydroxylation is 1. The summed E-state index contributed by atoms with van der Waals surface area (Å²) in [6, 6.07) is 14.8. The molecule has 0 radical (unpaired) electrons. The molecule has 0 atom stereocenters. The largest absolute Gasteiger partial charge is 0.341 e. The second kappa shape index (κ2) is 4.62. The minimum Gasteiger partial charge on any atom is -0.341 e. The average Bonchev–Trinajstić information content (AvgIpc) is 2.88. The van der Waals surface area contributed by atoms with Crippen LogP contribution in [0.1, 0.15) is 12.1 Å². The van der Waals surface area contributed by atoms with Crippen LogP contribution in [0.3, 0.4) is 0 Å². The van der Waals surface area contributed by atoms with Crippen LogP contribution in [0.15, 0.2) is 47.5 Å². The Hall–Kier alpha value is -2.26. The van der Waals surface area contributed by atoms with Gasteiger partial charge in [0.25, 0.3) is 0 Å². The molecule has 4 heteroatoms. The van der Waals surface area contributed by atoms with Gasteiger partial charge in [-0.15, -0.1) is 0 Å². The van der Waals surface area contributed by atoms with Gasteiger partial charge in [0.05, 0.1) is 11.4 Å². The SMILES string of the molecule is Cn1c2c(c3cc(Cl)ccc31)-c1ccccc1N1CCCN=C21. The van der Waals surface area contributed by atoms with Crippen molar-refractivity contribution in [1.82, 2.24) is 4.57 Å². The summed E-state index contributed by atoms with van der Waals surface area (Å²) in [5, 5.41) is 1.98. The first-order chi connectivity index (χ1) is 11.3. The smallest absolute Gasteiger partial charge is 0.153 e. The molecule has 2 aromatic carbocycles. The van der Waals surface area contributed by atoms with E-state index in [0.717, 1.165) is 30.4 Å². The molecule has 0 spiro atoms. The molecule has 0 N–H and O–H groups in total. The molecule has 5 rings (SSSR count). The maximum atomic E-state index is 6.28. The molecule has 2 aliphatic heterocycles. The van der Waals surface area contributed by atoms with Gasteiger partial charge in [-0.1, -0.05) is 29.8 Å². The number of hydrogen-bond acceptors (Lipinski definition) is 2. The van der Waals surface area contributed by atoms with Crippen LogP contribution >= 0.6 is 11.6 Å². The molecule has 0 saturated carbocycles. The van der Waals surface area contributed by atoms with Crippen LogP contribution in [0.5, 0.6) is 0 Å². The van der Waals surface area contributed by atoms with Crippen molar-refractivity contribution in [3.8, 4) is 11.1 Å². The van der Waals surface area contributed by atoms with Crippen LogP contribution < -0.4 is 4.90 Å². The van der Waals surface area contributed by atoms with Crippen molar-refractivity contribution in [1.29, 1.82) is 0 Å². The summed E-state index contributed by atoms with van der Waals surface area (Å²) in [4.78, 5) is 7.22. The highest BCUT2D eigenvalue weighted by Gasteiger charge is 2.33. The first-order valence-corrected chi connectivity index (χ1v) is 8.33. The van der Waals surface area contributed by atoms with E-state index in [4.69, 9.17) is 16.6 Å². The number of hydrogen-bond donors (Lipinski definition) is 0. The Bertz CT molecular complexity index is 984. The number of rotatable bonds is 0. The third kappa shape index (κ3) is 1.68. The number of nitrogens with zero attached hydrogens (tertiary/aromatic N) is 3. The molecule has 1 aromatic heterocycles. The highest BCUT2D eigenvalue weighted by Crippen LogP contribution is 2.45. The summed E-state index contributed by atoms with van der Waals surface area (Å²) in [5.74, 6) is 1.10. The van der Waals surface area contributed by atoms with E-state index in [9.17, 15) is 0 Å². The zero-order valence-electron chi connectivity index (χ0n) is 12.9. The third-order valence-electron chi connectivity index (χ3n) is 4.89. The Kier molecular flexibility index (Phi) is 2.65. The van der Waals surface area contributed by atoms with Crippen molar-refractivity contribution in [2.75, 3.05) is 18.0 Å². The Balaban J connectivity index is 1.98. The molecule has 0 amide bonds. The van der Waals surface area contributed by atoms with Crippen LogP contribution in [0.4, 0.5) is 5.69 Å². The number of aromatic nitrogens is 1. The quantitative estimate of drug-likeness (QED) is 0.598. The molecular weight excluding hydrogens is 306 g/mol. The van der Waals surface area contributed by atoms with Gasteiger partial charge in [0.15, 0.2) is 5.84 Å². The van der Waals surface area contributed by atoms with Crippen molar-refractivity contribution in [3.05, 3.63) is 53.2 Å². The molecule has 23 heavy (non-hydrogen) atoms. The maximum Gasteiger partial charge on any atom is 0.153 e. The van der Waals surface area contributed by atoms with Crippen LogP contribution in [0.2, 0.25) is 5.02 Å². The fourth-order valence-corrected chi connectivity index (χ4v) is 4.09. The van der Waals surface area contributed by atoms with Crippen LogP contribution in [0.25, 0.3) is 22.0 Å². The molecule has 3 heterocycles. The summed E-state index contributed by atoms with van der Waals surface area (Å²) < 4.78 is 2.26. The average molecular weight is 322 g/mol. The molecule has 3 aromatic rings. The van der Waals surface area contributed by atoms with Gasteiger partial charge in [-0.3, -0.25) is 4.99 Å². The zero-order valence-corrected chi connectivity index (χ0v) is 13.6. The summed E-state index contributed by atoms with van der Waals surface area (Å²) >= 11 is 6.28. The molecule has 3 nitrogen and oxygen atoms in total. The van der Waals surface area contributed by atoms with E-state index in [0.29, 0.717) is 0 Å². The Morgan fingerprint density at radius 3 is 2.91 bits per heavy atom. The van der Waals surface area contributed by atoms with Gasteiger partial charge in [-0.25, -0.2) is 0 Å². The lowest BCUT2D eigenvalue weighted by Gasteiger charge is -2.35. The van der Waals surface area contributed by atoms with E-state index in [1.807, 2.05) is 6.07 Å². The van der Waals surface area contributed by atoms with Gasteiger partial charge in [-0.2, -0.15) is 0 Å². The number of para-hydroxylation sites is 1. The van der Waals surface area contributed by atoms with E-state index >= 15 is 0 Å². The van der Waals surface area contributed by atoms with Gasteiger partial charge < -0.3 is 9.47 Å². The number of anilines is 1. The molecule has 0 aliphatic carbocycles. The Morgan fingerprint density at radius 2 is 2.00 bits per heavy atom. The van der Waals surface area contributed by atoms with Crippen LogP contribution in [-0.2, 0) is 7.05 Å². The first kappa shape index (κ1) is 13.2. The fraction of sp³-hybridized carbons (Fsp3) is 0.211. The lowest BCUT2D eigenvalue weighted by atomic mass is 9.94. The second-order valence-electron chi connectivity index (χ2n) is 6.17. The van der Waals surface area contributed by atoms with E-state index in [-0.39, 0.29) is 0 Å². The number of aliphatic imine (C=N–C) groups is 1. The fourth-order valence-electron chi connectivity index (χ4n) is 3.91. The Labute approximate surface area is 139 Å². The van der Waals surface area contributed by atoms with Crippen molar-refractivity contribution in [2.24, 2.45) is 12.0 Å². The number of fused-ring (bicyclic) bond motifs is 8. The third-order valence-corrected chi connectivity index (χ3v) is 5.13. The summed E-state index contributed by atoms with van der Waals surface area (Å²) in [5.41, 5.74) is 6.20. The molecule has 0 unspecified atom stereocenters. The van der Waals surface area contributed by atoms with Crippen molar-refractivity contribution >= 4 is 34.0 Å². The lowest BCUT2D eigenvalue weighted by molar-refractivity contribution is 0.780. The van der Waals surface area contributed by atoms with E-state index < -0.39 is 0 Å². The molecule has 0 bridgehead atoms. The monoisotopic (exact) mass is 321 g/mol. The maximum absolute atomic E-state index is 6.28. The van der Waals surface area contributed by atoms with E-state index in [2.05, 4.69) is 52.9 Å². The predicted molar refractivity (Wildman–Crippen MR) is 96.7 cm³/mol. The van der Waals surface area contributed by atoms with Crippen molar-refractivity contribution < 1.29 is 0 Å². The van der Waals surface area contributed by atoms with Gasteiger partial charge in [0, 0.05) is 47.2 Å². The predicted octanol–water partition coefficient (Wildman–Crippen LogP) is 4.47. The van der Waals surface area contributed by atoms with Crippen molar-refractivity contribution in [3.63, 3.8) is 0 Å². The van der Waals surface area contributed by atoms with E-state index in [1.165, 1.54) is 33.4 Å². The number of benzene rings is 2. The standard InChI is InChI=1S/C19H16ClN3/c1-22-15-8-7-12(20)11-14(15)17-13-5-2-3-6-16(13)23-10-4-9-21-19(23)18(17)22/h2-3,5-8,11H,4,9-10H2,1H3.